The van der Waals surface area contributed by atoms with Crippen LogP contribution in [0, 0.1) is 0 Å². The van der Waals surface area contributed by atoms with E-state index in [1.807, 2.05) is 18.2 Å². The molecule has 0 aromatic heterocycles. The Hall–Kier alpha value is -1.12. The van der Waals surface area contributed by atoms with E-state index in [4.69, 9.17) is 11.6 Å². The third-order valence-electron chi connectivity index (χ3n) is 3.77. The largest absolute Gasteiger partial charge is 0.401 e. The van der Waals surface area contributed by atoms with Crippen LogP contribution in [0.4, 0.5) is 18.0 Å². The molecular weight excluding hydrogens is 375 g/mol. The monoisotopic (exact) mass is 395 g/mol. The summed E-state index contributed by atoms with van der Waals surface area (Å²) in [4.78, 5) is 14.3. The fraction of sp³-hybridized carbons (Fsp3) is 0.562. The van der Waals surface area contributed by atoms with Crippen molar-refractivity contribution < 1.29 is 18.0 Å². The zero-order valence-corrected chi connectivity index (χ0v) is 15.4. The van der Waals surface area contributed by atoms with E-state index in [-0.39, 0.29) is 18.6 Å². The number of hydrogen-bond acceptors (Lipinski definition) is 3. The van der Waals surface area contributed by atoms with Crippen LogP contribution < -0.4 is 10.6 Å². The number of nitrogens with zero attached hydrogens (tertiary/aromatic N) is 1. The summed E-state index contributed by atoms with van der Waals surface area (Å²) in [5.74, 6) is 0.905. The third kappa shape index (κ3) is 6.95. The lowest BCUT2D eigenvalue weighted by molar-refractivity contribution is -0.143. The number of halogens is 4. The second-order valence-electron chi connectivity index (χ2n) is 5.98. The van der Waals surface area contributed by atoms with Gasteiger partial charge in [0.2, 0.25) is 0 Å². The zero-order chi connectivity index (χ0) is 18.4. The van der Waals surface area contributed by atoms with Crippen LogP contribution in [0.25, 0.3) is 0 Å². The molecule has 0 bridgehead atoms. The van der Waals surface area contributed by atoms with Crippen molar-refractivity contribution in [3.8, 4) is 0 Å². The van der Waals surface area contributed by atoms with Crippen molar-refractivity contribution in [1.29, 1.82) is 0 Å². The van der Waals surface area contributed by atoms with Crippen LogP contribution in [0.15, 0.2) is 23.1 Å². The summed E-state index contributed by atoms with van der Waals surface area (Å²) in [6.07, 6.45) is -2.95. The van der Waals surface area contributed by atoms with E-state index in [0.29, 0.717) is 18.0 Å². The molecule has 1 aliphatic rings. The van der Waals surface area contributed by atoms with Gasteiger partial charge in [-0.25, -0.2) is 4.79 Å². The van der Waals surface area contributed by atoms with Crippen molar-refractivity contribution in [2.45, 2.75) is 30.0 Å². The SMILES string of the molecule is CN(CCCNC(=O)N[C@@H]1CCSc2ccc(Cl)cc21)CC(F)(F)F. The van der Waals surface area contributed by atoms with E-state index in [1.54, 1.807) is 11.8 Å². The van der Waals surface area contributed by atoms with Crippen LogP contribution in [-0.2, 0) is 0 Å². The molecule has 1 aliphatic heterocycles. The van der Waals surface area contributed by atoms with Crippen LogP contribution >= 0.6 is 23.4 Å². The number of alkyl halides is 3. The summed E-state index contributed by atoms with van der Waals surface area (Å²) in [5.41, 5.74) is 1.00. The predicted octanol–water partition coefficient (Wildman–Crippen LogP) is 4.06. The van der Waals surface area contributed by atoms with Crippen LogP contribution in [0.2, 0.25) is 5.02 Å². The summed E-state index contributed by atoms with van der Waals surface area (Å²) < 4.78 is 36.7. The fourth-order valence-corrected chi connectivity index (χ4v) is 3.95. The lowest BCUT2D eigenvalue weighted by atomic mass is 10.0. The number of benzene rings is 1. The highest BCUT2D eigenvalue weighted by Gasteiger charge is 2.28. The molecule has 25 heavy (non-hydrogen) atoms. The van der Waals surface area contributed by atoms with Crippen molar-refractivity contribution in [1.82, 2.24) is 15.5 Å². The first-order valence-corrected chi connectivity index (χ1v) is 9.33. The molecule has 2 amide bonds. The van der Waals surface area contributed by atoms with Gasteiger partial charge in [0.15, 0.2) is 0 Å². The Labute approximate surface area is 154 Å². The maximum Gasteiger partial charge on any atom is 0.401 e. The molecule has 0 fully saturated rings. The third-order valence-corrected chi connectivity index (χ3v) is 5.13. The van der Waals surface area contributed by atoms with E-state index in [2.05, 4.69) is 10.6 Å². The van der Waals surface area contributed by atoms with Crippen molar-refractivity contribution >= 4 is 29.4 Å². The van der Waals surface area contributed by atoms with Crippen LogP contribution in [0.1, 0.15) is 24.4 Å². The Balaban J connectivity index is 1.74. The average molecular weight is 396 g/mol. The van der Waals surface area contributed by atoms with E-state index >= 15 is 0 Å². The molecule has 0 aliphatic carbocycles. The van der Waals surface area contributed by atoms with Crippen molar-refractivity contribution in [3.63, 3.8) is 0 Å². The highest BCUT2D eigenvalue weighted by Crippen LogP contribution is 2.37. The summed E-state index contributed by atoms with van der Waals surface area (Å²) >= 11 is 7.76. The molecule has 0 saturated carbocycles. The van der Waals surface area contributed by atoms with Gasteiger partial charge in [0.25, 0.3) is 0 Å². The Morgan fingerprint density at radius 1 is 1.44 bits per heavy atom. The zero-order valence-electron chi connectivity index (χ0n) is 13.8. The van der Waals surface area contributed by atoms with E-state index in [9.17, 15) is 18.0 Å². The normalized spacial score (nSPS) is 17.3. The smallest absolute Gasteiger partial charge is 0.338 e. The van der Waals surface area contributed by atoms with Crippen LogP contribution in [0.5, 0.6) is 0 Å². The van der Waals surface area contributed by atoms with Crippen LogP contribution in [0.3, 0.4) is 0 Å². The Morgan fingerprint density at radius 3 is 2.92 bits per heavy atom. The number of urea groups is 1. The first-order chi connectivity index (χ1) is 11.7. The summed E-state index contributed by atoms with van der Waals surface area (Å²) in [5, 5.41) is 6.23. The number of carbonyl (C=O) groups excluding carboxylic acids is 1. The number of amides is 2. The highest BCUT2D eigenvalue weighted by molar-refractivity contribution is 7.99. The molecule has 4 nitrogen and oxygen atoms in total. The summed E-state index contributed by atoms with van der Waals surface area (Å²) in [7, 11) is 1.41. The molecule has 0 spiro atoms. The quantitative estimate of drug-likeness (QED) is 0.714. The second kappa shape index (κ2) is 9.00. The molecule has 0 radical (unpaired) electrons. The average Bonchev–Trinajstić information content (AvgIpc) is 2.50. The van der Waals surface area contributed by atoms with Gasteiger partial charge in [-0.3, -0.25) is 4.90 Å². The van der Waals surface area contributed by atoms with E-state index in [1.165, 1.54) is 11.9 Å². The molecule has 1 heterocycles. The van der Waals surface area contributed by atoms with Crippen molar-refractivity contribution in [2.24, 2.45) is 0 Å². The molecule has 9 heteroatoms. The standard InChI is InChI=1S/C16H21ClF3N3OS/c1-23(10-16(18,19)20)7-2-6-21-15(24)22-13-5-8-25-14-4-3-11(17)9-12(13)14/h3-4,9,13H,2,5-8,10H2,1H3,(H2,21,22,24)/t13-/m1/s1. The van der Waals surface area contributed by atoms with Gasteiger partial charge in [-0.15, -0.1) is 11.8 Å². The number of nitrogens with one attached hydrogen (secondary N) is 2. The maximum atomic E-state index is 12.2. The van der Waals surface area contributed by atoms with Gasteiger partial charge in [-0.2, -0.15) is 13.2 Å². The maximum absolute atomic E-state index is 12.2. The molecule has 2 rings (SSSR count). The number of thioether (sulfide) groups is 1. The molecule has 0 saturated heterocycles. The molecule has 1 aromatic carbocycles. The Morgan fingerprint density at radius 2 is 2.20 bits per heavy atom. The van der Waals surface area contributed by atoms with Gasteiger partial charge in [0.1, 0.15) is 0 Å². The van der Waals surface area contributed by atoms with Crippen LogP contribution in [-0.4, -0.2) is 49.5 Å². The molecular formula is C16H21ClF3N3OS. The molecule has 1 aromatic rings. The van der Waals surface area contributed by atoms with Gasteiger partial charge < -0.3 is 10.6 Å². The minimum Gasteiger partial charge on any atom is -0.338 e. The number of hydrogen-bond donors (Lipinski definition) is 2. The fourth-order valence-electron chi connectivity index (χ4n) is 2.66. The molecule has 140 valence electrons. The van der Waals surface area contributed by atoms with Gasteiger partial charge in [0.05, 0.1) is 12.6 Å². The van der Waals surface area contributed by atoms with E-state index in [0.717, 1.165) is 22.6 Å². The van der Waals surface area contributed by atoms with Crippen molar-refractivity contribution in [3.05, 3.63) is 28.8 Å². The molecule has 1 atom stereocenters. The first kappa shape index (κ1) is 20.2. The van der Waals surface area contributed by atoms with Gasteiger partial charge in [-0.1, -0.05) is 11.6 Å². The highest BCUT2D eigenvalue weighted by atomic mass is 35.5. The molecule has 2 N–H and O–H groups in total. The first-order valence-electron chi connectivity index (χ1n) is 7.96. The Bertz CT molecular complexity index is 600. The van der Waals surface area contributed by atoms with Crippen molar-refractivity contribution in [2.75, 3.05) is 32.4 Å². The number of rotatable bonds is 6. The number of fused-ring (bicyclic) bond motifs is 1. The van der Waals surface area contributed by atoms with Gasteiger partial charge in [0, 0.05) is 22.2 Å². The lowest BCUT2D eigenvalue weighted by Crippen LogP contribution is -2.40. The van der Waals surface area contributed by atoms with Gasteiger partial charge in [-0.05, 0) is 50.2 Å². The van der Waals surface area contributed by atoms with E-state index < -0.39 is 12.7 Å². The summed E-state index contributed by atoms with van der Waals surface area (Å²) in [6, 6.07) is 5.21. The minimum absolute atomic E-state index is 0.108. The lowest BCUT2D eigenvalue weighted by Gasteiger charge is -2.26. The Kier molecular flexibility index (Phi) is 7.27. The number of carbonyl (C=O) groups is 1. The molecule has 0 unspecified atom stereocenters. The predicted molar refractivity (Wildman–Crippen MR) is 94.2 cm³/mol. The minimum atomic E-state index is -4.20. The second-order valence-corrected chi connectivity index (χ2v) is 7.55. The summed E-state index contributed by atoms with van der Waals surface area (Å²) in [6.45, 7) is -0.368. The topological polar surface area (TPSA) is 44.4 Å². The van der Waals surface area contributed by atoms with Gasteiger partial charge >= 0.3 is 12.2 Å².